The smallest absolute Gasteiger partial charge is 0.151 e. The molecule has 0 saturated carbocycles. The number of carbonyl (C=O) groups is 1. The fraction of sp³-hybridized carbons (Fsp3) is 0.462. The average Bonchev–Trinajstić information content (AvgIpc) is 2.35. The van der Waals surface area contributed by atoms with E-state index >= 15 is 0 Å². The second-order valence-electron chi connectivity index (χ2n) is 3.68. The molecule has 0 fully saturated rings. The molecule has 0 heterocycles. The topological polar surface area (TPSA) is 20.3 Å². The quantitative estimate of drug-likeness (QED) is 0.558. The molecule has 0 unspecified atom stereocenters. The molecule has 0 aliphatic heterocycles. The van der Waals surface area contributed by atoms with Gasteiger partial charge in [-0.15, -0.1) is 11.8 Å². The molecule has 17 heavy (non-hydrogen) atoms. The molecule has 0 spiro atoms. The maximum Gasteiger partial charge on any atom is 0.151 e. The van der Waals surface area contributed by atoms with Crippen molar-refractivity contribution in [1.29, 1.82) is 0 Å². The lowest BCUT2D eigenvalue weighted by molar-refractivity contribution is 0.112. The summed E-state index contributed by atoms with van der Waals surface area (Å²) in [4.78, 5) is 14.2. The van der Waals surface area contributed by atoms with E-state index in [0.717, 1.165) is 42.1 Å². The summed E-state index contributed by atoms with van der Waals surface area (Å²) in [7, 11) is 0. The van der Waals surface area contributed by atoms with Gasteiger partial charge in [-0.05, 0) is 31.3 Å². The molecule has 0 amide bonds. The van der Waals surface area contributed by atoms with Crippen LogP contribution < -0.4 is 0 Å². The number of thioether (sulfide) groups is 1. The largest absolute Gasteiger partial charge is 0.303 e. The number of rotatable bonds is 7. The van der Waals surface area contributed by atoms with E-state index in [4.69, 9.17) is 11.6 Å². The van der Waals surface area contributed by atoms with Gasteiger partial charge in [-0.2, -0.15) is 0 Å². The third-order valence-electron chi connectivity index (χ3n) is 2.66. The highest BCUT2D eigenvalue weighted by molar-refractivity contribution is 7.99. The first-order valence-electron chi connectivity index (χ1n) is 5.81. The molecule has 0 aromatic heterocycles. The summed E-state index contributed by atoms with van der Waals surface area (Å²) in [5.74, 6) is 0.975. The van der Waals surface area contributed by atoms with E-state index in [9.17, 15) is 4.79 Å². The summed E-state index contributed by atoms with van der Waals surface area (Å²) < 4.78 is 0. The van der Waals surface area contributed by atoms with Crippen LogP contribution in [0.1, 0.15) is 24.2 Å². The van der Waals surface area contributed by atoms with Crippen molar-refractivity contribution in [1.82, 2.24) is 4.90 Å². The van der Waals surface area contributed by atoms with E-state index in [1.165, 1.54) is 0 Å². The molecule has 0 radical (unpaired) electrons. The lowest BCUT2D eigenvalue weighted by atomic mass is 10.2. The average molecular weight is 272 g/mol. The molecule has 0 bridgehead atoms. The number of nitrogens with zero attached hydrogens (tertiary/aromatic N) is 1. The van der Waals surface area contributed by atoms with Crippen molar-refractivity contribution < 1.29 is 4.79 Å². The van der Waals surface area contributed by atoms with Crippen LogP contribution in [0.2, 0.25) is 5.02 Å². The Labute approximate surface area is 112 Å². The zero-order chi connectivity index (χ0) is 12.7. The normalized spacial score (nSPS) is 10.8. The molecular weight excluding hydrogens is 254 g/mol. The van der Waals surface area contributed by atoms with Crippen LogP contribution in [0.15, 0.2) is 23.1 Å². The Morgan fingerprint density at radius 3 is 2.65 bits per heavy atom. The molecule has 4 heteroatoms. The third-order valence-corrected chi connectivity index (χ3v) is 3.95. The Bertz CT molecular complexity index is 366. The van der Waals surface area contributed by atoms with Crippen LogP contribution in [0.4, 0.5) is 0 Å². The maximum atomic E-state index is 10.9. The van der Waals surface area contributed by atoms with Crippen molar-refractivity contribution >= 4 is 29.6 Å². The number of benzene rings is 1. The minimum Gasteiger partial charge on any atom is -0.303 e. The van der Waals surface area contributed by atoms with Gasteiger partial charge in [0, 0.05) is 27.8 Å². The third kappa shape index (κ3) is 4.70. The molecule has 1 aromatic rings. The van der Waals surface area contributed by atoms with E-state index in [1.54, 1.807) is 23.9 Å². The molecular formula is C13H18ClNOS. The number of aldehydes is 1. The monoisotopic (exact) mass is 271 g/mol. The zero-order valence-corrected chi connectivity index (χ0v) is 11.9. The van der Waals surface area contributed by atoms with E-state index in [0.29, 0.717) is 5.02 Å². The summed E-state index contributed by atoms with van der Waals surface area (Å²) in [5.41, 5.74) is 0.721. The number of hydrogen-bond donors (Lipinski definition) is 0. The lowest BCUT2D eigenvalue weighted by Crippen LogP contribution is -2.25. The van der Waals surface area contributed by atoms with Gasteiger partial charge in [0.25, 0.3) is 0 Å². The van der Waals surface area contributed by atoms with Crippen molar-refractivity contribution in [2.75, 3.05) is 25.4 Å². The standard InChI is InChI=1S/C13H18ClNOS/c1-3-15(4-2)7-8-17-13-9-12(14)6-5-11(13)10-16/h5-6,9-10H,3-4,7-8H2,1-2H3. The van der Waals surface area contributed by atoms with E-state index in [1.807, 2.05) is 6.07 Å². The predicted molar refractivity (Wildman–Crippen MR) is 75.4 cm³/mol. The van der Waals surface area contributed by atoms with Gasteiger partial charge >= 0.3 is 0 Å². The molecule has 0 aliphatic rings. The molecule has 1 aromatic carbocycles. The van der Waals surface area contributed by atoms with Crippen LogP contribution in [-0.4, -0.2) is 36.6 Å². The van der Waals surface area contributed by atoms with Crippen molar-refractivity contribution in [3.63, 3.8) is 0 Å². The second kappa shape index (κ2) is 7.75. The Morgan fingerprint density at radius 2 is 2.06 bits per heavy atom. The summed E-state index contributed by atoms with van der Waals surface area (Å²) in [6.07, 6.45) is 0.885. The molecule has 0 saturated heterocycles. The van der Waals surface area contributed by atoms with Crippen LogP contribution in [0.25, 0.3) is 0 Å². The molecule has 0 atom stereocenters. The summed E-state index contributed by atoms with van der Waals surface area (Å²) in [6.45, 7) is 7.47. The molecule has 0 aliphatic carbocycles. The van der Waals surface area contributed by atoms with Crippen LogP contribution >= 0.6 is 23.4 Å². The first-order valence-corrected chi connectivity index (χ1v) is 7.17. The van der Waals surface area contributed by atoms with Gasteiger partial charge in [0.15, 0.2) is 6.29 Å². The highest BCUT2D eigenvalue weighted by Gasteiger charge is 2.05. The minimum atomic E-state index is 0.681. The van der Waals surface area contributed by atoms with Gasteiger partial charge in [-0.25, -0.2) is 0 Å². The van der Waals surface area contributed by atoms with E-state index in [-0.39, 0.29) is 0 Å². The minimum absolute atomic E-state index is 0.681. The fourth-order valence-electron chi connectivity index (χ4n) is 1.56. The Morgan fingerprint density at radius 1 is 1.35 bits per heavy atom. The number of carbonyl (C=O) groups excluding carboxylic acids is 1. The van der Waals surface area contributed by atoms with Gasteiger partial charge in [-0.1, -0.05) is 25.4 Å². The highest BCUT2D eigenvalue weighted by Crippen LogP contribution is 2.25. The Kier molecular flexibility index (Phi) is 6.63. The van der Waals surface area contributed by atoms with Crippen LogP contribution in [-0.2, 0) is 0 Å². The maximum absolute atomic E-state index is 10.9. The SMILES string of the molecule is CCN(CC)CCSc1cc(Cl)ccc1C=O. The Hall–Kier alpha value is -0.510. The highest BCUT2D eigenvalue weighted by atomic mass is 35.5. The number of hydrogen-bond acceptors (Lipinski definition) is 3. The summed E-state index contributed by atoms with van der Waals surface area (Å²) >= 11 is 7.62. The van der Waals surface area contributed by atoms with Crippen molar-refractivity contribution in [3.05, 3.63) is 28.8 Å². The zero-order valence-electron chi connectivity index (χ0n) is 10.3. The molecule has 94 valence electrons. The van der Waals surface area contributed by atoms with Gasteiger partial charge in [0.1, 0.15) is 0 Å². The van der Waals surface area contributed by atoms with Gasteiger partial charge in [-0.3, -0.25) is 4.79 Å². The van der Waals surface area contributed by atoms with Crippen molar-refractivity contribution in [2.24, 2.45) is 0 Å². The first kappa shape index (κ1) is 14.6. The van der Waals surface area contributed by atoms with Crippen molar-refractivity contribution in [3.8, 4) is 0 Å². The summed E-state index contributed by atoms with van der Waals surface area (Å²) in [5, 5.41) is 0.681. The predicted octanol–water partition coefficient (Wildman–Crippen LogP) is 3.59. The second-order valence-corrected chi connectivity index (χ2v) is 5.25. The van der Waals surface area contributed by atoms with Crippen molar-refractivity contribution in [2.45, 2.75) is 18.7 Å². The molecule has 2 nitrogen and oxygen atoms in total. The molecule has 1 rings (SSSR count). The molecule has 0 N–H and O–H groups in total. The van der Waals surface area contributed by atoms with E-state index in [2.05, 4.69) is 18.7 Å². The van der Waals surface area contributed by atoms with Gasteiger partial charge in [0.2, 0.25) is 0 Å². The Balaban J connectivity index is 2.56. The van der Waals surface area contributed by atoms with Crippen LogP contribution in [0.5, 0.6) is 0 Å². The number of halogens is 1. The summed E-state index contributed by atoms with van der Waals surface area (Å²) in [6, 6.07) is 5.38. The van der Waals surface area contributed by atoms with Gasteiger partial charge in [0.05, 0.1) is 0 Å². The fourth-order valence-corrected chi connectivity index (χ4v) is 2.85. The van der Waals surface area contributed by atoms with Crippen LogP contribution in [0, 0.1) is 0 Å². The van der Waals surface area contributed by atoms with E-state index < -0.39 is 0 Å². The van der Waals surface area contributed by atoms with Gasteiger partial charge < -0.3 is 4.90 Å². The lowest BCUT2D eigenvalue weighted by Gasteiger charge is -2.17. The first-order chi connectivity index (χ1) is 8.21. The van der Waals surface area contributed by atoms with Crippen LogP contribution in [0.3, 0.4) is 0 Å².